The molecule has 1 atom stereocenters. The number of allylic oxidation sites excluding steroid dienone is 1. The summed E-state index contributed by atoms with van der Waals surface area (Å²) in [4.78, 5) is 25.4. The first-order valence-electron chi connectivity index (χ1n) is 12.2. The topological polar surface area (TPSA) is 64.6 Å². The molecule has 0 spiro atoms. The molecule has 36 heavy (non-hydrogen) atoms. The summed E-state index contributed by atoms with van der Waals surface area (Å²) in [5, 5.41) is 2.77. The second-order valence-electron chi connectivity index (χ2n) is 8.99. The summed E-state index contributed by atoms with van der Waals surface area (Å²) < 4.78 is 10.8. The smallest absolute Gasteiger partial charge is 0.307 e. The number of nitrogens with one attached hydrogen (secondary N) is 1. The Morgan fingerprint density at radius 2 is 1.72 bits per heavy atom. The van der Waals surface area contributed by atoms with Gasteiger partial charge in [-0.2, -0.15) is 0 Å². The van der Waals surface area contributed by atoms with Crippen LogP contribution >= 0.6 is 11.3 Å². The zero-order valence-corrected chi connectivity index (χ0v) is 22.6. The standard InChI is InChI=1S/C30H35NO4S/c1-7-22(26-12-13-27(36-26)30(33)31-15-14-28(32)34-6)18-35-25-16-20(4)29(21(5)17-25)24-10-8-23(9-11-24)19(2)3/h8-13,16-17,22H,2,7,14-15,18H2,1,3-6H3,(H,31,33). The third-order valence-electron chi connectivity index (χ3n) is 6.21. The van der Waals surface area contributed by atoms with Gasteiger partial charge >= 0.3 is 5.97 Å². The van der Waals surface area contributed by atoms with Crippen molar-refractivity contribution in [3.63, 3.8) is 0 Å². The molecular formula is C30H35NO4S. The molecule has 0 aliphatic heterocycles. The summed E-state index contributed by atoms with van der Waals surface area (Å²) in [6, 6.07) is 16.5. The van der Waals surface area contributed by atoms with Crippen molar-refractivity contribution in [1.29, 1.82) is 0 Å². The van der Waals surface area contributed by atoms with E-state index < -0.39 is 0 Å². The molecule has 1 heterocycles. The quantitative estimate of drug-likeness (QED) is 0.287. The molecule has 0 aliphatic carbocycles. The van der Waals surface area contributed by atoms with Crippen molar-refractivity contribution >= 4 is 28.8 Å². The summed E-state index contributed by atoms with van der Waals surface area (Å²) in [5.41, 5.74) is 6.95. The molecule has 0 fully saturated rings. The lowest BCUT2D eigenvalue weighted by atomic mass is 9.94. The number of amides is 1. The van der Waals surface area contributed by atoms with Gasteiger partial charge in [0.1, 0.15) is 5.75 Å². The number of benzene rings is 2. The molecule has 6 heteroatoms. The van der Waals surface area contributed by atoms with Crippen LogP contribution in [0.5, 0.6) is 5.75 Å². The number of aryl methyl sites for hydroxylation is 2. The third-order valence-corrected chi connectivity index (χ3v) is 7.46. The lowest BCUT2D eigenvalue weighted by Gasteiger charge is -2.17. The molecule has 1 amide bonds. The Kier molecular flexibility index (Phi) is 9.48. The minimum Gasteiger partial charge on any atom is -0.493 e. The Balaban J connectivity index is 1.65. The van der Waals surface area contributed by atoms with Crippen molar-refractivity contribution in [2.75, 3.05) is 20.3 Å². The highest BCUT2D eigenvalue weighted by Gasteiger charge is 2.17. The average molecular weight is 506 g/mol. The molecule has 3 aromatic rings. The second-order valence-corrected chi connectivity index (χ2v) is 10.1. The average Bonchev–Trinajstić information content (AvgIpc) is 3.34. The molecule has 0 aliphatic rings. The van der Waals surface area contributed by atoms with Gasteiger partial charge in [0.15, 0.2) is 0 Å². The van der Waals surface area contributed by atoms with Gasteiger partial charge in [-0.3, -0.25) is 9.59 Å². The molecule has 2 aromatic carbocycles. The van der Waals surface area contributed by atoms with Gasteiger partial charge in [-0.25, -0.2) is 0 Å². The van der Waals surface area contributed by atoms with Crippen LogP contribution in [0.15, 0.2) is 55.1 Å². The molecule has 190 valence electrons. The van der Waals surface area contributed by atoms with Gasteiger partial charge in [0.05, 0.1) is 25.0 Å². The summed E-state index contributed by atoms with van der Waals surface area (Å²) in [6.07, 6.45) is 1.05. The van der Waals surface area contributed by atoms with Gasteiger partial charge < -0.3 is 14.8 Å². The van der Waals surface area contributed by atoms with Crippen molar-refractivity contribution < 1.29 is 19.1 Å². The number of methoxy groups -OCH3 is 1. The predicted octanol–water partition coefficient (Wildman–Crippen LogP) is 6.93. The fourth-order valence-electron chi connectivity index (χ4n) is 4.14. The van der Waals surface area contributed by atoms with Crippen LogP contribution < -0.4 is 10.1 Å². The van der Waals surface area contributed by atoms with Crippen LogP contribution in [0.25, 0.3) is 16.7 Å². The minimum atomic E-state index is -0.343. The van der Waals surface area contributed by atoms with E-state index in [0.29, 0.717) is 11.5 Å². The molecule has 3 rings (SSSR count). The number of rotatable bonds is 11. The molecule has 1 unspecified atom stereocenters. The van der Waals surface area contributed by atoms with Crippen LogP contribution in [0.1, 0.15) is 63.8 Å². The number of carbonyl (C=O) groups is 2. The van der Waals surface area contributed by atoms with E-state index in [-0.39, 0.29) is 30.8 Å². The van der Waals surface area contributed by atoms with Crippen LogP contribution in [-0.2, 0) is 9.53 Å². The van der Waals surface area contributed by atoms with Crippen LogP contribution in [0.2, 0.25) is 0 Å². The van der Waals surface area contributed by atoms with Crippen LogP contribution in [0.4, 0.5) is 0 Å². The maximum Gasteiger partial charge on any atom is 0.307 e. The molecule has 0 bridgehead atoms. The second kappa shape index (κ2) is 12.5. The molecule has 1 N–H and O–H groups in total. The SMILES string of the molecule is C=C(C)c1ccc(-c2c(C)cc(OCC(CC)c3ccc(C(=O)NCCC(=O)OC)s3)cc2C)cc1. The van der Waals surface area contributed by atoms with Crippen molar-refractivity contribution in [2.24, 2.45) is 0 Å². The number of hydrogen-bond acceptors (Lipinski definition) is 5. The normalized spacial score (nSPS) is 11.6. The lowest BCUT2D eigenvalue weighted by Crippen LogP contribution is -2.25. The van der Waals surface area contributed by atoms with Gasteiger partial charge in [0, 0.05) is 17.3 Å². The van der Waals surface area contributed by atoms with E-state index in [9.17, 15) is 9.59 Å². The third kappa shape index (κ3) is 6.85. The molecule has 0 saturated carbocycles. The summed E-state index contributed by atoms with van der Waals surface area (Å²) in [7, 11) is 1.34. The zero-order chi connectivity index (χ0) is 26.2. The van der Waals surface area contributed by atoms with E-state index >= 15 is 0 Å². The van der Waals surface area contributed by atoms with E-state index in [0.717, 1.165) is 28.2 Å². The number of hydrogen-bond donors (Lipinski definition) is 1. The van der Waals surface area contributed by atoms with Gasteiger partial charge in [-0.1, -0.05) is 43.3 Å². The first kappa shape index (κ1) is 27.2. The largest absolute Gasteiger partial charge is 0.493 e. The van der Waals surface area contributed by atoms with Crippen LogP contribution in [-0.4, -0.2) is 32.1 Å². The van der Waals surface area contributed by atoms with E-state index in [2.05, 4.69) is 73.8 Å². The first-order valence-corrected chi connectivity index (χ1v) is 13.0. The van der Waals surface area contributed by atoms with Gasteiger partial charge in [-0.05, 0) is 79.3 Å². The Hall–Kier alpha value is -3.38. The highest BCUT2D eigenvalue weighted by molar-refractivity contribution is 7.14. The Morgan fingerprint density at radius 3 is 2.31 bits per heavy atom. The van der Waals surface area contributed by atoms with Gasteiger partial charge in [-0.15, -0.1) is 11.3 Å². The van der Waals surface area contributed by atoms with Gasteiger partial charge in [0.2, 0.25) is 0 Å². The Labute approximate surface area is 218 Å². The van der Waals surface area contributed by atoms with E-state index in [1.165, 1.54) is 40.7 Å². The van der Waals surface area contributed by atoms with E-state index in [1.54, 1.807) is 0 Å². The molecule has 0 saturated heterocycles. The summed E-state index contributed by atoms with van der Waals surface area (Å²) >= 11 is 1.47. The number of ether oxygens (including phenoxy) is 2. The summed E-state index contributed by atoms with van der Waals surface area (Å²) in [5.74, 6) is 0.512. The van der Waals surface area contributed by atoms with E-state index in [4.69, 9.17) is 4.74 Å². The highest BCUT2D eigenvalue weighted by atomic mass is 32.1. The van der Waals surface area contributed by atoms with Crippen LogP contribution in [0.3, 0.4) is 0 Å². The number of carbonyl (C=O) groups excluding carboxylic acids is 2. The van der Waals surface area contributed by atoms with Crippen molar-refractivity contribution in [1.82, 2.24) is 5.32 Å². The van der Waals surface area contributed by atoms with E-state index in [1.807, 2.05) is 19.1 Å². The van der Waals surface area contributed by atoms with Crippen molar-refractivity contribution in [3.8, 4) is 16.9 Å². The van der Waals surface area contributed by atoms with Gasteiger partial charge in [0.25, 0.3) is 5.91 Å². The fourth-order valence-corrected chi connectivity index (χ4v) is 5.24. The number of esters is 1. The molecule has 5 nitrogen and oxygen atoms in total. The lowest BCUT2D eigenvalue weighted by molar-refractivity contribution is -0.140. The highest BCUT2D eigenvalue weighted by Crippen LogP contribution is 2.33. The maximum atomic E-state index is 12.4. The summed E-state index contributed by atoms with van der Waals surface area (Å²) in [6.45, 7) is 13.2. The first-order chi connectivity index (χ1) is 17.2. The monoisotopic (exact) mass is 505 g/mol. The molecule has 0 radical (unpaired) electrons. The van der Waals surface area contributed by atoms with Crippen LogP contribution in [0, 0.1) is 13.8 Å². The molecular weight excluding hydrogens is 470 g/mol. The number of thiophene rings is 1. The van der Waals surface area contributed by atoms with Crippen molar-refractivity contribution in [3.05, 3.63) is 81.6 Å². The predicted molar refractivity (Wildman–Crippen MR) is 148 cm³/mol. The zero-order valence-electron chi connectivity index (χ0n) is 21.8. The fraction of sp³-hybridized carbons (Fsp3) is 0.333. The maximum absolute atomic E-state index is 12.4. The molecule has 1 aromatic heterocycles. The Morgan fingerprint density at radius 1 is 1.06 bits per heavy atom. The Bertz CT molecular complexity index is 1200. The van der Waals surface area contributed by atoms with Crippen molar-refractivity contribution in [2.45, 2.75) is 46.5 Å². The minimum absolute atomic E-state index is 0.156.